The van der Waals surface area contributed by atoms with E-state index in [1.54, 1.807) is 4.90 Å². The molecule has 2 aliphatic heterocycles. The highest BCUT2D eigenvalue weighted by Crippen LogP contribution is 2.34. The Morgan fingerprint density at radius 2 is 1.90 bits per heavy atom. The fourth-order valence-electron chi connectivity index (χ4n) is 2.98. The van der Waals surface area contributed by atoms with Crippen molar-refractivity contribution in [3.63, 3.8) is 0 Å². The molecule has 0 spiro atoms. The van der Waals surface area contributed by atoms with Crippen LogP contribution in [0.3, 0.4) is 0 Å². The van der Waals surface area contributed by atoms with Crippen LogP contribution in [0.1, 0.15) is 25.7 Å². The van der Waals surface area contributed by atoms with Gasteiger partial charge in [-0.25, -0.2) is 0 Å². The molecule has 2 heterocycles. The molecule has 0 aromatic heterocycles. The van der Waals surface area contributed by atoms with E-state index in [0.29, 0.717) is 39.1 Å². The van der Waals surface area contributed by atoms with Crippen LogP contribution in [0, 0.1) is 11.3 Å². The Kier molecular flexibility index (Phi) is 4.59. The number of nitrogens with zero attached hydrogens (tertiary/aromatic N) is 1. The standard InChI is InChI=1S/C13H21N3O3S/c14-10(17)9-2-1-5-16(8-9)12(18)13(11(15)20)3-6-19-7-4-13/h9H,1-8H2,(H2,14,17)(H2,15,20). The quantitative estimate of drug-likeness (QED) is 0.703. The third-order valence-electron chi connectivity index (χ3n) is 4.34. The molecule has 2 saturated heterocycles. The van der Waals surface area contributed by atoms with Crippen LogP contribution >= 0.6 is 12.2 Å². The van der Waals surface area contributed by atoms with Gasteiger partial charge in [-0.1, -0.05) is 12.2 Å². The van der Waals surface area contributed by atoms with Crippen molar-refractivity contribution in [3.8, 4) is 0 Å². The summed E-state index contributed by atoms with van der Waals surface area (Å²) < 4.78 is 5.31. The number of ether oxygens (including phenoxy) is 1. The lowest BCUT2D eigenvalue weighted by Gasteiger charge is -2.41. The molecule has 2 amide bonds. The van der Waals surface area contributed by atoms with Gasteiger partial charge in [0.15, 0.2) is 0 Å². The highest BCUT2D eigenvalue weighted by Gasteiger charge is 2.46. The molecule has 2 fully saturated rings. The average molecular weight is 299 g/mol. The van der Waals surface area contributed by atoms with E-state index in [1.807, 2.05) is 0 Å². The normalized spacial score (nSPS) is 26.0. The summed E-state index contributed by atoms with van der Waals surface area (Å²) >= 11 is 5.14. The van der Waals surface area contributed by atoms with Gasteiger partial charge in [0.2, 0.25) is 11.8 Å². The molecule has 20 heavy (non-hydrogen) atoms. The molecule has 2 aliphatic rings. The number of amides is 2. The molecule has 1 atom stereocenters. The molecule has 0 aromatic carbocycles. The minimum atomic E-state index is -0.812. The fourth-order valence-corrected chi connectivity index (χ4v) is 3.27. The maximum Gasteiger partial charge on any atom is 0.235 e. The van der Waals surface area contributed by atoms with Crippen molar-refractivity contribution in [1.29, 1.82) is 0 Å². The molecule has 2 rings (SSSR count). The van der Waals surface area contributed by atoms with Crippen molar-refractivity contribution in [2.24, 2.45) is 22.8 Å². The molecule has 0 saturated carbocycles. The first kappa shape index (κ1) is 15.2. The summed E-state index contributed by atoms with van der Waals surface area (Å²) in [6.45, 7) is 1.97. The second-order valence-electron chi connectivity index (χ2n) is 5.55. The minimum absolute atomic E-state index is 0.0701. The fraction of sp³-hybridized carbons (Fsp3) is 0.769. The minimum Gasteiger partial charge on any atom is -0.392 e. The van der Waals surface area contributed by atoms with Crippen molar-refractivity contribution >= 4 is 29.0 Å². The Bertz CT molecular complexity index is 421. The Labute approximate surface area is 123 Å². The second-order valence-corrected chi connectivity index (χ2v) is 5.99. The van der Waals surface area contributed by atoms with Crippen molar-refractivity contribution in [1.82, 2.24) is 4.90 Å². The molecule has 0 aromatic rings. The zero-order valence-electron chi connectivity index (χ0n) is 11.5. The number of hydrogen-bond donors (Lipinski definition) is 2. The summed E-state index contributed by atoms with van der Waals surface area (Å²) in [4.78, 5) is 26.1. The summed E-state index contributed by atoms with van der Waals surface area (Å²) in [5.41, 5.74) is 10.4. The van der Waals surface area contributed by atoms with Gasteiger partial charge < -0.3 is 21.1 Å². The van der Waals surface area contributed by atoms with E-state index in [9.17, 15) is 9.59 Å². The van der Waals surface area contributed by atoms with E-state index in [-0.39, 0.29) is 22.7 Å². The number of primary amides is 1. The van der Waals surface area contributed by atoms with Crippen molar-refractivity contribution < 1.29 is 14.3 Å². The monoisotopic (exact) mass is 299 g/mol. The smallest absolute Gasteiger partial charge is 0.235 e. The Balaban J connectivity index is 2.15. The van der Waals surface area contributed by atoms with Gasteiger partial charge in [-0.3, -0.25) is 9.59 Å². The number of likely N-dealkylation sites (tertiary alicyclic amines) is 1. The van der Waals surface area contributed by atoms with E-state index in [0.717, 1.165) is 12.8 Å². The molecule has 0 radical (unpaired) electrons. The van der Waals surface area contributed by atoms with Crippen LogP contribution in [0.5, 0.6) is 0 Å². The van der Waals surface area contributed by atoms with Crippen molar-refractivity contribution in [3.05, 3.63) is 0 Å². The van der Waals surface area contributed by atoms with E-state index >= 15 is 0 Å². The van der Waals surface area contributed by atoms with Gasteiger partial charge >= 0.3 is 0 Å². The number of thiocarbonyl (C=S) groups is 1. The van der Waals surface area contributed by atoms with E-state index in [1.165, 1.54) is 0 Å². The molecule has 112 valence electrons. The van der Waals surface area contributed by atoms with Crippen molar-refractivity contribution in [2.45, 2.75) is 25.7 Å². The SMILES string of the molecule is NC(=O)C1CCCN(C(=O)C2(C(N)=S)CCOCC2)C1. The van der Waals surface area contributed by atoms with Crippen LogP contribution < -0.4 is 11.5 Å². The first-order valence-electron chi connectivity index (χ1n) is 6.94. The third kappa shape index (κ3) is 2.78. The lowest BCUT2D eigenvalue weighted by Crippen LogP contribution is -2.56. The highest BCUT2D eigenvalue weighted by molar-refractivity contribution is 7.80. The number of hydrogen-bond acceptors (Lipinski definition) is 4. The largest absolute Gasteiger partial charge is 0.392 e. The lowest BCUT2D eigenvalue weighted by molar-refractivity contribution is -0.145. The Hall–Kier alpha value is -1.21. The number of carbonyl (C=O) groups excluding carboxylic acids is 2. The Morgan fingerprint density at radius 1 is 1.25 bits per heavy atom. The van der Waals surface area contributed by atoms with E-state index in [2.05, 4.69) is 0 Å². The molecule has 1 unspecified atom stereocenters. The van der Waals surface area contributed by atoms with Crippen LogP contribution in [-0.2, 0) is 14.3 Å². The predicted octanol–water partition coefficient (Wildman–Crippen LogP) is -0.207. The molecule has 6 nitrogen and oxygen atoms in total. The van der Waals surface area contributed by atoms with Gasteiger partial charge in [0, 0.05) is 26.3 Å². The molecule has 7 heteroatoms. The van der Waals surface area contributed by atoms with Crippen LogP contribution in [-0.4, -0.2) is 48.0 Å². The first-order valence-corrected chi connectivity index (χ1v) is 7.34. The van der Waals surface area contributed by atoms with E-state index < -0.39 is 5.41 Å². The lowest BCUT2D eigenvalue weighted by atomic mass is 9.78. The number of carbonyl (C=O) groups is 2. The van der Waals surface area contributed by atoms with Gasteiger partial charge in [-0.15, -0.1) is 0 Å². The molecular formula is C13H21N3O3S. The Morgan fingerprint density at radius 3 is 2.45 bits per heavy atom. The zero-order chi connectivity index (χ0) is 14.8. The van der Waals surface area contributed by atoms with E-state index in [4.69, 9.17) is 28.4 Å². The van der Waals surface area contributed by atoms with Gasteiger partial charge in [0.25, 0.3) is 0 Å². The molecular weight excluding hydrogens is 278 g/mol. The maximum atomic E-state index is 12.8. The summed E-state index contributed by atoms with van der Waals surface area (Å²) in [7, 11) is 0. The zero-order valence-corrected chi connectivity index (χ0v) is 12.3. The van der Waals surface area contributed by atoms with Gasteiger partial charge in [-0.05, 0) is 25.7 Å². The first-order chi connectivity index (χ1) is 9.47. The average Bonchev–Trinajstić information content (AvgIpc) is 2.47. The van der Waals surface area contributed by atoms with Crippen LogP contribution in [0.4, 0.5) is 0 Å². The summed E-state index contributed by atoms with van der Waals surface area (Å²) in [5.74, 6) is -0.686. The van der Waals surface area contributed by atoms with Crippen LogP contribution in [0.15, 0.2) is 0 Å². The van der Waals surface area contributed by atoms with Gasteiger partial charge in [-0.2, -0.15) is 0 Å². The van der Waals surface area contributed by atoms with Crippen LogP contribution in [0.25, 0.3) is 0 Å². The topological polar surface area (TPSA) is 98.7 Å². The predicted molar refractivity (Wildman–Crippen MR) is 77.8 cm³/mol. The number of piperidine rings is 1. The number of rotatable bonds is 3. The van der Waals surface area contributed by atoms with Crippen LogP contribution in [0.2, 0.25) is 0 Å². The third-order valence-corrected chi connectivity index (χ3v) is 4.73. The van der Waals surface area contributed by atoms with Gasteiger partial charge in [0.05, 0.1) is 10.9 Å². The second kappa shape index (κ2) is 6.05. The maximum absolute atomic E-state index is 12.8. The van der Waals surface area contributed by atoms with Crippen molar-refractivity contribution in [2.75, 3.05) is 26.3 Å². The molecule has 0 aliphatic carbocycles. The summed E-state index contributed by atoms with van der Waals surface area (Å²) in [6, 6.07) is 0. The number of nitrogens with two attached hydrogens (primary N) is 2. The highest BCUT2D eigenvalue weighted by atomic mass is 32.1. The van der Waals surface area contributed by atoms with Gasteiger partial charge in [0.1, 0.15) is 5.41 Å². The molecule has 0 bridgehead atoms. The summed E-state index contributed by atoms with van der Waals surface area (Å²) in [5, 5.41) is 0. The molecule has 4 N–H and O–H groups in total. The summed E-state index contributed by atoms with van der Waals surface area (Å²) in [6.07, 6.45) is 2.55.